The Bertz CT molecular complexity index is 1170. The lowest BCUT2D eigenvalue weighted by molar-refractivity contribution is 0.0314. The van der Waals surface area contributed by atoms with Gasteiger partial charge in [-0.05, 0) is 56.0 Å². The molecule has 2 saturated carbocycles. The first-order chi connectivity index (χ1) is 16.2. The van der Waals surface area contributed by atoms with E-state index in [0.29, 0.717) is 28.3 Å². The number of hydrogen-bond donors (Lipinski definition) is 0. The summed E-state index contributed by atoms with van der Waals surface area (Å²) in [5, 5.41) is 5.65. The molecule has 3 heterocycles. The topological polar surface area (TPSA) is 63.9 Å². The Balaban J connectivity index is 1.55. The van der Waals surface area contributed by atoms with E-state index in [1.54, 1.807) is 24.5 Å². The fraction of sp³-hybridized carbons (Fsp3) is 0.462. The van der Waals surface area contributed by atoms with E-state index in [9.17, 15) is 4.79 Å². The van der Waals surface area contributed by atoms with Crippen LogP contribution in [0.1, 0.15) is 68.1 Å². The predicted molar refractivity (Wildman–Crippen MR) is 128 cm³/mol. The normalized spacial score (nSPS) is 23.7. The van der Waals surface area contributed by atoms with Gasteiger partial charge < -0.3 is 0 Å². The summed E-state index contributed by atoms with van der Waals surface area (Å²) in [5.41, 5.74) is 1.42. The number of pyridine rings is 1. The van der Waals surface area contributed by atoms with E-state index in [1.807, 2.05) is 29.2 Å². The minimum absolute atomic E-state index is 0.0357. The van der Waals surface area contributed by atoms with E-state index in [1.165, 1.54) is 25.7 Å². The van der Waals surface area contributed by atoms with Crippen molar-refractivity contribution in [3.05, 3.63) is 59.4 Å². The molecule has 0 saturated heterocycles. The Kier molecular flexibility index (Phi) is 5.21. The van der Waals surface area contributed by atoms with Crippen molar-refractivity contribution in [2.45, 2.75) is 69.4 Å². The van der Waals surface area contributed by atoms with Crippen molar-refractivity contribution in [3.8, 4) is 11.4 Å². The number of carbonyl (C=O) groups is 1. The molecule has 2 fully saturated rings. The number of aromatic nitrogens is 4. The van der Waals surface area contributed by atoms with Gasteiger partial charge in [0.05, 0.1) is 5.54 Å². The lowest BCUT2D eigenvalue weighted by Crippen LogP contribution is -2.61. The van der Waals surface area contributed by atoms with Crippen molar-refractivity contribution in [3.63, 3.8) is 0 Å². The first-order valence-corrected chi connectivity index (χ1v) is 12.5. The van der Waals surface area contributed by atoms with E-state index in [0.717, 1.165) is 37.7 Å². The monoisotopic (exact) mass is 461 g/mol. The molecule has 6 rings (SSSR count). The number of rotatable bonds is 2. The molecule has 1 spiro atoms. The van der Waals surface area contributed by atoms with Gasteiger partial charge in [-0.3, -0.25) is 14.7 Å². The van der Waals surface area contributed by atoms with Crippen LogP contribution in [0.5, 0.6) is 0 Å². The van der Waals surface area contributed by atoms with Crippen LogP contribution in [0.25, 0.3) is 11.4 Å². The highest BCUT2D eigenvalue weighted by atomic mass is 35.5. The molecule has 0 radical (unpaired) electrons. The Morgan fingerprint density at radius 1 is 1.03 bits per heavy atom. The van der Waals surface area contributed by atoms with Crippen molar-refractivity contribution < 1.29 is 4.79 Å². The number of benzene rings is 1. The molecule has 3 aliphatic rings. The molecule has 3 aromatic rings. The second kappa shape index (κ2) is 8.24. The maximum Gasteiger partial charge on any atom is 0.260 e. The lowest BCUT2D eigenvalue weighted by atomic mass is 9.64. The third-order valence-electron chi connectivity index (χ3n) is 7.91. The number of anilines is 1. The molecule has 2 aliphatic carbocycles. The van der Waals surface area contributed by atoms with Gasteiger partial charge in [-0.1, -0.05) is 49.8 Å². The van der Waals surface area contributed by atoms with Crippen molar-refractivity contribution in [1.29, 1.82) is 0 Å². The van der Waals surface area contributed by atoms with Gasteiger partial charge in [-0.2, -0.15) is 4.98 Å². The van der Waals surface area contributed by atoms with E-state index in [2.05, 4.69) is 9.67 Å². The minimum atomic E-state index is -0.0583. The molecule has 0 N–H and O–H groups in total. The molecule has 6 nitrogen and oxygen atoms in total. The van der Waals surface area contributed by atoms with Crippen LogP contribution in [0.3, 0.4) is 0 Å². The summed E-state index contributed by atoms with van der Waals surface area (Å²) < 4.78 is 2.14. The van der Waals surface area contributed by atoms with E-state index >= 15 is 0 Å². The van der Waals surface area contributed by atoms with Crippen LogP contribution in [-0.2, 0) is 5.54 Å². The molecule has 170 valence electrons. The standard InChI is InChI=1S/C26H28ClN5O/c27-20-10-6-8-18(16-20)24(33)31-22-12-3-2-11-21(22)26(13-4-1-5-14-26)32-25(31)29-23(30-32)19-9-7-15-28-17-19/h6-10,15-17,21-22H,1-5,11-14H2/t21-,22+/m1/s1. The first-order valence-electron chi connectivity index (χ1n) is 12.1. The van der Waals surface area contributed by atoms with Gasteiger partial charge >= 0.3 is 0 Å². The van der Waals surface area contributed by atoms with Gasteiger partial charge in [0.1, 0.15) is 0 Å². The van der Waals surface area contributed by atoms with Crippen LogP contribution in [0.4, 0.5) is 5.95 Å². The van der Waals surface area contributed by atoms with E-state index in [-0.39, 0.29) is 17.5 Å². The molecular formula is C26H28ClN5O. The summed E-state index contributed by atoms with van der Waals surface area (Å²) in [4.78, 5) is 25.2. The SMILES string of the molecule is O=C(c1cccc(Cl)c1)N1c2nc(-c3cccnc3)nn2C2(CCCCC2)[C@@H]2CCCC[C@@H]21. The quantitative estimate of drug-likeness (QED) is 0.478. The van der Waals surface area contributed by atoms with Crippen LogP contribution in [-0.4, -0.2) is 31.7 Å². The largest absolute Gasteiger partial charge is 0.273 e. The second-order valence-electron chi connectivity index (χ2n) is 9.70. The number of amides is 1. The zero-order valence-electron chi connectivity index (χ0n) is 18.7. The first kappa shape index (κ1) is 20.8. The zero-order chi connectivity index (χ0) is 22.4. The second-order valence-corrected chi connectivity index (χ2v) is 10.1. The van der Waals surface area contributed by atoms with Gasteiger partial charge in [0.15, 0.2) is 5.82 Å². The van der Waals surface area contributed by atoms with Crippen LogP contribution in [0, 0.1) is 5.92 Å². The number of hydrogen-bond acceptors (Lipinski definition) is 4. The van der Waals surface area contributed by atoms with Gasteiger partial charge in [0, 0.05) is 40.5 Å². The molecule has 1 aliphatic heterocycles. The maximum absolute atomic E-state index is 14.0. The Hall–Kier alpha value is -2.73. The number of fused-ring (bicyclic) bond motifs is 4. The van der Waals surface area contributed by atoms with E-state index in [4.69, 9.17) is 21.7 Å². The summed E-state index contributed by atoms with van der Waals surface area (Å²) in [5.74, 6) is 1.69. The van der Waals surface area contributed by atoms with Crippen LogP contribution < -0.4 is 4.90 Å². The van der Waals surface area contributed by atoms with Crippen LogP contribution in [0.2, 0.25) is 5.02 Å². The van der Waals surface area contributed by atoms with Gasteiger partial charge in [0.25, 0.3) is 5.91 Å². The van der Waals surface area contributed by atoms with Crippen molar-refractivity contribution in [1.82, 2.24) is 19.7 Å². The summed E-state index contributed by atoms with van der Waals surface area (Å²) in [6, 6.07) is 11.3. The molecule has 1 aromatic carbocycles. The molecular weight excluding hydrogens is 434 g/mol. The van der Waals surface area contributed by atoms with Gasteiger partial charge in [-0.15, -0.1) is 5.10 Å². The third-order valence-corrected chi connectivity index (χ3v) is 8.14. The summed E-state index contributed by atoms with van der Waals surface area (Å²) in [7, 11) is 0. The van der Waals surface area contributed by atoms with Crippen molar-refractivity contribution >= 4 is 23.5 Å². The fourth-order valence-electron chi connectivity index (χ4n) is 6.48. The van der Waals surface area contributed by atoms with Crippen LogP contribution >= 0.6 is 11.6 Å². The maximum atomic E-state index is 14.0. The third kappa shape index (κ3) is 3.38. The highest BCUT2D eigenvalue weighted by Gasteiger charge is 2.55. The predicted octanol–water partition coefficient (Wildman–Crippen LogP) is 5.87. The average Bonchev–Trinajstić information content (AvgIpc) is 3.31. The molecule has 1 amide bonds. The van der Waals surface area contributed by atoms with Crippen LogP contribution in [0.15, 0.2) is 48.8 Å². The lowest BCUT2D eigenvalue weighted by Gasteiger charge is -2.55. The zero-order valence-corrected chi connectivity index (χ0v) is 19.4. The Morgan fingerprint density at radius 3 is 2.67 bits per heavy atom. The molecule has 0 unspecified atom stereocenters. The van der Waals surface area contributed by atoms with Crippen molar-refractivity contribution in [2.75, 3.05) is 4.90 Å². The fourth-order valence-corrected chi connectivity index (χ4v) is 6.67. The van der Waals surface area contributed by atoms with E-state index < -0.39 is 0 Å². The van der Waals surface area contributed by atoms with Gasteiger partial charge in [0.2, 0.25) is 5.95 Å². The number of halogens is 1. The molecule has 7 heteroatoms. The highest BCUT2D eigenvalue weighted by Crippen LogP contribution is 2.53. The number of nitrogens with zero attached hydrogens (tertiary/aromatic N) is 5. The summed E-state index contributed by atoms with van der Waals surface area (Å²) in [6.07, 6.45) is 13.9. The van der Waals surface area contributed by atoms with Crippen molar-refractivity contribution in [2.24, 2.45) is 5.92 Å². The molecule has 2 atom stereocenters. The molecule has 2 aromatic heterocycles. The Labute approximate surface area is 199 Å². The smallest absolute Gasteiger partial charge is 0.260 e. The summed E-state index contributed by atoms with van der Waals surface area (Å²) >= 11 is 6.26. The molecule has 33 heavy (non-hydrogen) atoms. The highest BCUT2D eigenvalue weighted by molar-refractivity contribution is 6.31. The summed E-state index contributed by atoms with van der Waals surface area (Å²) in [6.45, 7) is 0. The molecule has 0 bridgehead atoms. The minimum Gasteiger partial charge on any atom is -0.273 e. The van der Waals surface area contributed by atoms with Gasteiger partial charge in [-0.25, -0.2) is 4.68 Å². The number of carbonyl (C=O) groups excluding carboxylic acids is 1. The Morgan fingerprint density at radius 2 is 1.88 bits per heavy atom. The average molecular weight is 462 g/mol.